The van der Waals surface area contributed by atoms with Crippen molar-refractivity contribution >= 4 is 34.2 Å². The molecule has 0 aliphatic rings. The van der Waals surface area contributed by atoms with Crippen LogP contribution in [0.4, 0.5) is 0 Å². The average molecular weight is 425 g/mol. The highest BCUT2D eigenvalue weighted by atomic mass is 127. The molecule has 2 nitrogen and oxygen atoms in total. The maximum absolute atomic E-state index is 6.35. The summed E-state index contributed by atoms with van der Waals surface area (Å²) in [6, 6.07) is 0. The van der Waals surface area contributed by atoms with Crippen LogP contribution in [-0.2, 0) is 5.54 Å². The van der Waals surface area contributed by atoms with E-state index in [0.29, 0.717) is 0 Å². The number of rotatable bonds is 10. The van der Waals surface area contributed by atoms with E-state index in [9.17, 15) is 0 Å². The Morgan fingerprint density at radius 2 is 1.62 bits per heavy atom. The molecule has 0 fully saturated rings. The summed E-state index contributed by atoms with van der Waals surface area (Å²) in [6.45, 7) is 8.98. The van der Waals surface area contributed by atoms with E-state index in [1.807, 2.05) is 0 Å². The molecule has 0 amide bonds. The minimum atomic E-state index is 0.110. The van der Waals surface area contributed by atoms with Gasteiger partial charge in [0.2, 0.25) is 0 Å². The fourth-order valence-electron chi connectivity index (χ4n) is 2.98. The van der Waals surface area contributed by atoms with Gasteiger partial charge in [-0.25, -0.2) is 0 Å². The molecule has 0 aromatic carbocycles. The number of hydrogen-bond donors (Lipinski definition) is 0. The molecule has 1 aromatic rings. The summed E-state index contributed by atoms with van der Waals surface area (Å²) in [6.07, 6.45) is 11.5. The lowest BCUT2D eigenvalue weighted by Crippen LogP contribution is -2.32. The summed E-state index contributed by atoms with van der Waals surface area (Å²) >= 11 is 8.59. The first-order valence-electron chi connectivity index (χ1n) is 8.37. The topological polar surface area (TPSA) is 17.8 Å². The maximum atomic E-state index is 6.35. The molecule has 1 atom stereocenters. The van der Waals surface area contributed by atoms with Crippen molar-refractivity contribution in [2.24, 2.45) is 0 Å². The molecule has 0 bridgehead atoms. The molecule has 1 heterocycles. The summed E-state index contributed by atoms with van der Waals surface area (Å²) < 4.78 is 3.13. The zero-order chi connectivity index (χ0) is 15.9. The molecule has 0 saturated carbocycles. The van der Waals surface area contributed by atoms with E-state index >= 15 is 0 Å². The predicted octanol–water partition coefficient (Wildman–Crippen LogP) is 6.72. The van der Waals surface area contributed by atoms with E-state index in [0.717, 1.165) is 14.4 Å². The molecule has 0 N–H and O–H groups in total. The second-order valence-electron chi connectivity index (χ2n) is 6.37. The van der Waals surface area contributed by atoms with Crippen LogP contribution in [0.5, 0.6) is 0 Å². The molecule has 0 spiro atoms. The Morgan fingerprint density at radius 1 is 1.05 bits per heavy atom. The zero-order valence-electron chi connectivity index (χ0n) is 14.0. The molecule has 0 radical (unpaired) electrons. The van der Waals surface area contributed by atoms with E-state index in [2.05, 4.69) is 55.0 Å². The highest BCUT2D eigenvalue weighted by Crippen LogP contribution is 2.34. The van der Waals surface area contributed by atoms with Crippen LogP contribution in [0.15, 0.2) is 0 Å². The van der Waals surface area contributed by atoms with Crippen molar-refractivity contribution in [2.75, 3.05) is 0 Å². The Balaban J connectivity index is 2.79. The highest BCUT2D eigenvalue weighted by molar-refractivity contribution is 14.1. The van der Waals surface area contributed by atoms with Crippen molar-refractivity contribution in [1.82, 2.24) is 9.78 Å². The monoisotopic (exact) mass is 424 g/mol. The quantitative estimate of drug-likeness (QED) is 0.301. The van der Waals surface area contributed by atoms with Crippen LogP contribution in [0.1, 0.15) is 84.3 Å². The van der Waals surface area contributed by atoms with Crippen molar-refractivity contribution in [3.63, 3.8) is 0 Å². The Kier molecular flexibility index (Phi) is 8.62. The van der Waals surface area contributed by atoms with Crippen LogP contribution in [0.3, 0.4) is 0 Å². The largest absolute Gasteiger partial charge is 0.261 e. The van der Waals surface area contributed by atoms with Gasteiger partial charge in [0, 0.05) is 0 Å². The van der Waals surface area contributed by atoms with Crippen LogP contribution >= 0.6 is 34.2 Å². The summed E-state index contributed by atoms with van der Waals surface area (Å²) in [5.41, 5.74) is 1.23. The molecule has 1 rings (SSSR count). The number of hydrogen-bond acceptors (Lipinski definition) is 1. The first-order chi connectivity index (χ1) is 9.96. The van der Waals surface area contributed by atoms with E-state index in [1.165, 1.54) is 57.8 Å². The number of nitrogens with zero attached hydrogens (tertiary/aromatic N) is 2. The highest BCUT2D eigenvalue weighted by Gasteiger charge is 2.29. The second-order valence-corrected chi connectivity index (χ2v) is 7.77. The van der Waals surface area contributed by atoms with Gasteiger partial charge in [-0.15, -0.1) is 0 Å². The van der Waals surface area contributed by atoms with Crippen molar-refractivity contribution in [3.05, 3.63) is 14.4 Å². The van der Waals surface area contributed by atoms with Gasteiger partial charge in [0.1, 0.15) is 3.70 Å². The molecule has 0 aliphatic carbocycles. The smallest absolute Gasteiger partial charge is 0.142 e. The van der Waals surface area contributed by atoms with Gasteiger partial charge in [-0.05, 0) is 49.3 Å². The van der Waals surface area contributed by atoms with Gasteiger partial charge in [0.05, 0.1) is 16.3 Å². The molecule has 1 unspecified atom stereocenters. The average Bonchev–Trinajstić information content (AvgIpc) is 2.73. The van der Waals surface area contributed by atoms with Crippen LogP contribution in [0, 0.1) is 10.6 Å². The van der Waals surface area contributed by atoms with E-state index in [1.54, 1.807) is 0 Å². The van der Waals surface area contributed by atoms with Crippen molar-refractivity contribution in [2.45, 2.75) is 91.0 Å². The van der Waals surface area contributed by atoms with E-state index < -0.39 is 0 Å². The Hall–Kier alpha value is 0.230. The first-order valence-corrected chi connectivity index (χ1v) is 9.83. The van der Waals surface area contributed by atoms with Crippen LogP contribution < -0.4 is 0 Å². The summed E-state index contributed by atoms with van der Waals surface area (Å²) in [7, 11) is 0. The molecule has 21 heavy (non-hydrogen) atoms. The predicted molar refractivity (Wildman–Crippen MR) is 101 cm³/mol. The molecule has 4 heteroatoms. The lowest BCUT2D eigenvalue weighted by molar-refractivity contribution is 0.224. The minimum absolute atomic E-state index is 0.110. The number of halogens is 2. The third-order valence-electron chi connectivity index (χ3n) is 4.40. The molecular formula is C17H30ClIN2. The van der Waals surface area contributed by atoms with Gasteiger partial charge in [-0.3, -0.25) is 4.68 Å². The summed E-state index contributed by atoms with van der Waals surface area (Å²) in [5, 5.41) is 5.54. The van der Waals surface area contributed by atoms with Crippen molar-refractivity contribution < 1.29 is 0 Å². The summed E-state index contributed by atoms with van der Waals surface area (Å²) in [4.78, 5) is 0. The van der Waals surface area contributed by atoms with Crippen LogP contribution in [-0.4, -0.2) is 9.78 Å². The van der Waals surface area contributed by atoms with Gasteiger partial charge in [0.15, 0.2) is 0 Å². The Labute approximate surface area is 149 Å². The third-order valence-corrected chi connectivity index (χ3v) is 5.93. The third kappa shape index (κ3) is 5.42. The fraction of sp³-hybridized carbons (Fsp3) is 0.824. The SMILES string of the molecule is CCCCCCCC(C)(CCCC)n1nc(I)c(Cl)c1C. The summed E-state index contributed by atoms with van der Waals surface area (Å²) in [5.74, 6) is 0. The number of aromatic nitrogens is 2. The van der Waals surface area contributed by atoms with E-state index in [4.69, 9.17) is 16.7 Å². The minimum Gasteiger partial charge on any atom is -0.261 e. The van der Waals surface area contributed by atoms with Gasteiger partial charge in [-0.2, -0.15) is 5.10 Å². The van der Waals surface area contributed by atoms with Crippen molar-refractivity contribution in [1.29, 1.82) is 0 Å². The Morgan fingerprint density at radius 3 is 2.14 bits per heavy atom. The molecule has 0 aliphatic heterocycles. The van der Waals surface area contributed by atoms with Crippen LogP contribution in [0.25, 0.3) is 0 Å². The molecule has 0 saturated heterocycles. The van der Waals surface area contributed by atoms with Gasteiger partial charge < -0.3 is 0 Å². The van der Waals surface area contributed by atoms with Gasteiger partial charge in [-0.1, -0.05) is 70.4 Å². The van der Waals surface area contributed by atoms with Gasteiger partial charge >= 0.3 is 0 Å². The maximum Gasteiger partial charge on any atom is 0.142 e. The molecular weight excluding hydrogens is 395 g/mol. The standard InChI is InChI=1S/C17H30ClIN2/c1-5-7-9-10-11-13-17(4,12-8-6-2)21-14(3)15(18)16(19)20-21/h5-13H2,1-4H3. The Bertz CT molecular complexity index is 431. The molecule has 122 valence electrons. The lowest BCUT2D eigenvalue weighted by Gasteiger charge is -2.32. The zero-order valence-corrected chi connectivity index (χ0v) is 16.9. The van der Waals surface area contributed by atoms with Crippen LogP contribution in [0.2, 0.25) is 5.02 Å². The van der Waals surface area contributed by atoms with Crippen molar-refractivity contribution in [3.8, 4) is 0 Å². The fourth-order valence-corrected chi connectivity index (χ4v) is 3.70. The normalized spacial score (nSPS) is 14.4. The second kappa shape index (κ2) is 9.39. The molecule has 1 aromatic heterocycles. The lowest BCUT2D eigenvalue weighted by atomic mass is 9.88. The first kappa shape index (κ1) is 19.3. The van der Waals surface area contributed by atoms with E-state index in [-0.39, 0.29) is 5.54 Å². The van der Waals surface area contributed by atoms with Gasteiger partial charge in [0.25, 0.3) is 0 Å². The number of unbranched alkanes of at least 4 members (excludes halogenated alkanes) is 5.